The highest BCUT2D eigenvalue weighted by Crippen LogP contribution is 2.32. The van der Waals surface area contributed by atoms with E-state index >= 15 is 0 Å². The number of fused-ring (bicyclic) bond motifs is 1. The van der Waals surface area contributed by atoms with Gasteiger partial charge in [0.15, 0.2) is 0 Å². The van der Waals surface area contributed by atoms with E-state index in [1.807, 2.05) is 28.8 Å². The van der Waals surface area contributed by atoms with E-state index in [1.54, 1.807) is 24.3 Å². The Morgan fingerprint density at radius 2 is 1.64 bits per heavy atom. The number of hydrogen-bond donors (Lipinski definition) is 1. The number of nitrogens with two attached hydrogens (primary N) is 1. The normalized spacial score (nSPS) is 16.0. The molecule has 36 heavy (non-hydrogen) atoms. The topological polar surface area (TPSA) is 90.5 Å². The Balaban J connectivity index is 1.44. The number of likely N-dealkylation sites (tertiary alicyclic amines) is 1. The third-order valence-electron chi connectivity index (χ3n) is 6.11. The van der Waals surface area contributed by atoms with Crippen LogP contribution in [0.2, 0.25) is 0 Å². The van der Waals surface area contributed by atoms with Crippen molar-refractivity contribution in [1.29, 1.82) is 0 Å². The fraction of sp³-hybridized carbons (Fsp3) is 0.192. The Morgan fingerprint density at radius 3 is 2.28 bits per heavy atom. The molecular formula is C26H21F3N4O3. The van der Waals surface area contributed by atoms with Gasteiger partial charge in [-0.2, -0.15) is 13.2 Å². The predicted octanol–water partition coefficient (Wildman–Crippen LogP) is 4.81. The van der Waals surface area contributed by atoms with Gasteiger partial charge in [-0.05, 0) is 67.1 Å². The summed E-state index contributed by atoms with van der Waals surface area (Å²) >= 11 is 0. The maximum Gasteiger partial charge on any atom is 0.416 e. The molecule has 1 saturated heterocycles. The van der Waals surface area contributed by atoms with Gasteiger partial charge in [0.1, 0.15) is 23.4 Å². The second-order valence-corrected chi connectivity index (χ2v) is 8.45. The van der Waals surface area contributed by atoms with Crippen molar-refractivity contribution in [1.82, 2.24) is 14.5 Å². The molecule has 10 heteroatoms. The van der Waals surface area contributed by atoms with E-state index in [4.69, 9.17) is 15.5 Å². The highest BCUT2D eigenvalue weighted by Gasteiger charge is 2.35. The monoisotopic (exact) mass is 494 g/mol. The highest BCUT2D eigenvalue weighted by molar-refractivity contribution is 5.90. The molecule has 1 unspecified atom stereocenters. The molecule has 1 aliphatic rings. The predicted molar refractivity (Wildman–Crippen MR) is 125 cm³/mol. The Bertz CT molecular complexity index is 1430. The molecule has 0 bridgehead atoms. The maximum atomic E-state index is 12.8. The van der Waals surface area contributed by atoms with Crippen LogP contribution in [0.25, 0.3) is 16.7 Å². The molecule has 5 rings (SSSR count). The van der Waals surface area contributed by atoms with Crippen molar-refractivity contribution in [3.8, 4) is 17.2 Å². The zero-order valence-electron chi connectivity index (χ0n) is 18.9. The molecule has 184 valence electrons. The lowest BCUT2D eigenvalue weighted by Crippen LogP contribution is -2.42. The van der Waals surface area contributed by atoms with Crippen LogP contribution in [-0.4, -0.2) is 32.3 Å². The lowest BCUT2D eigenvalue weighted by atomic mass is 10.2. The van der Waals surface area contributed by atoms with Gasteiger partial charge in [-0.3, -0.25) is 14.2 Å². The number of hydrogen-bond acceptors (Lipinski definition) is 4. The molecule has 1 aliphatic heterocycles. The molecule has 0 saturated carbocycles. The van der Waals surface area contributed by atoms with Crippen molar-refractivity contribution in [2.24, 2.45) is 5.73 Å². The maximum absolute atomic E-state index is 12.8. The van der Waals surface area contributed by atoms with Gasteiger partial charge in [-0.15, -0.1) is 0 Å². The number of primary amides is 1. The number of nitrogens with zero attached hydrogens (tertiary/aromatic N) is 3. The number of para-hydroxylation sites is 2. The first-order chi connectivity index (χ1) is 17.2. The fourth-order valence-electron chi connectivity index (χ4n) is 4.36. The number of amides is 2. The van der Waals surface area contributed by atoms with Crippen LogP contribution < -0.4 is 10.5 Å². The van der Waals surface area contributed by atoms with Gasteiger partial charge in [0.05, 0.1) is 23.1 Å². The summed E-state index contributed by atoms with van der Waals surface area (Å²) in [5, 5.41) is 0. The molecule has 0 aliphatic carbocycles. The second kappa shape index (κ2) is 9.03. The minimum atomic E-state index is -4.41. The molecular weight excluding hydrogens is 473 g/mol. The van der Waals surface area contributed by atoms with Crippen LogP contribution in [-0.2, 0) is 22.3 Å². The van der Waals surface area contributed by atoms with Crippen molar-refractivity contribution in [2.75, 3.05) is 0 Å². The van der Waals surface area contributed by atoms with Crippen LogP contribution in [0.1, 0.15) is 24.2 Å². The molecule has 3 aromatic carbocycles. The van der Waals surface area contributed by atoms with E-state index in [-0.39, 0.29) is 24.6 Å². The minimum Gasteiger partial charge on any atom is -0.457 e. The summed E-state index contributed by atoms with van der Waals surface area (Å²) in [6.07, 6.45) is -3.78. The molecule has 0 radical (unpaired) electrons. The first kappa shape index (κ1) is 23.4. The standard InChI is InChI=1S/C26H21F3N4O3/c27-26(28,29)16-5-9-18(10-6-16)36-19-11-7-17(8-12-19)33-21-4-2-1-3-20(21)31-23(33)15-32-22(25(30)35)13-14-24(32)34/h1-12,22H,13-15H2,(H2,30,35). The summed E-state index contributed by atoms with van der Waals surface area (Å²) in [5.74, 6) is 0.572. The summed E-state index contributed by atoms with van der Waals surface area (Å²) < 4.78 is 46.0. The first-order valence-electron chi connectivity index (χ1n) is 11.2. The number of rotatable bonds is 6. The SMILES string of the molecule is NC(=O)C1CCC(=O)N1Cc1nc2ccccc2n1-c1ccc(Oc2ccc(C(F)(F)F)cc2)cc1. The molecule has 2 heterocycles. The van der Waals surface area contributed by atoms with Crippen molar-refractivity contribution < 1.29 is 27.5 Å². The van der Waals surface area contributed by atoms with Crippen LogP contribution >= 0.6 is 0 Å². The average molecular weight is 494 g/mol. The first-order valence-corrected chi connectivity index (χ1v) is 11.2. The molecule has 4 aromatic rings. The third kappa shape index (κ3) is 4.49. The number of aromatic nitrogens is 2. The van der Waals surface area contributed by atoms with E-state index in [1.165, 1.54) is 17.0 Å². The number of carbonyl (C=O) groups excluding carboxylic acids is 2. The van der Waals surface area contributed by atoms with Gasteiger partial charge < -0.3 is 15.4 Å². The van der Waals surface area contributed by atoms with Crippen LogP contribution in [0.3, 0.4) is 0 Å². The van der Waals surface area contributed by atoms with Crippen molar-refractivity contribution in [3.05, 3.63) is 84.2 Å². The van der Waals surface area contributed by atoms with Gasteiger partial charge in [0, 0.05) is 12.1 Å². The zero-order chi connectivity index (χ0) is 25.4. The summed E-state index contributed by atoms with van der Waals surface area (Å²) in [7, 11) is 0. The number of imidazole rings is 1. The number of benzene rings is 3. The van der Waals surface area contributed by atoms with Crippen LogP contribution in [0.4, 0.5) is 13.2 Å². The second-order valence-electron chi connectivity index (χ2n) is 8.45. The quantitative estimate of drug-likeness (QED) is 0.417. The molecule has 1 fully saturated rings. The Hall–Kier alpha value is -4.34. The van der Waals surface area contributed by atoms with Crippen molar-refractivity contribution in [2.45, 2.75) is 31.6 Å². The molecule has 0 spiro atoms. The minimum absolute atomic E-state index is 0.116. The van der Waals surface area contributed by atoms with Gasteiger partial charge >= 0.3 is 6.18 Å². The van der Waals surface area contributed by atoms with Crippen LogP contribution in [0.15, 0.2) is 72.8 Å². The summed E-state index contributed by atoms with van der Waals surface area (Å²) in [6, 6.07) is 18.2. The molecule has 2 amide bonds. The summed E-state index contributed by atoms with van der Waals surface area (Å²) in [5.41, 5.74) is 7.03. The number of halogens is 3. The molecule has 2 N–H and O–H groups in total. The largest absolute Gasteiger partial charge is 0.457 e. The lowest BCUT2D eigenvalue weighted by Gasteiger charge is -2.22. The smallest absolute Gasteiger partial charge is 0.416 e. The van der Waals surface area contributed by atoms with E-state index in [0.29, 0.717) is 18.0 Å². The highest BCUT2D eigenvalue weighted by atomic mass is 19.4. The number of ether oxygens (including phenoxy) is 1. The number of alkyl halides is 3. The van der Waals surface area contributed by atoms with Gasteiger partial charge in [-0.25, -0.2) is 4.98 Å². The Morgan fingerprint density at radius 1 is 1.00 bits per heavy atom. The van der Waals surface area contributed by atoms with Crippen LogP contribution in [0.5, 0.6) is 11.5 Å². The van der Waals surface area contributed by atoms with Crippen molar-refractivity contribution in [3.63, 3.8) is 0 Å². The van der Waals surface area contributed by atoms with Crippen molar-refractivity contribution >= 4 is 22.8 Å². The van der Waals surface area contributed by atoms with E-state index in [2.05, 4.69) is 0 Å². The lowest BCUT2D eigenvalue weighted by molar-refractivity contribution is -0.137. The van der Waals surface area contributed by atoms with E-state index < -0.39 is 23.7 Å². The molecule has 1 atom stereocenters. The Labute approximate surface area is 203 Å². The van der Waals surface area contributed by atoms with Gasteiger partial charge in [0.25, 0.3) is 0 Å². The molecule has 1 aromatic heterocycles. The summed E-state index contributed by atoms with van der Waals surface area (Å²) in [6.45, 7) is 0.116. The van der Waals surface area contributed by atoms with E-state index in [9.17, 15) is 22.8 Å². The van der Waals surface area contributed by atoms with Crippen LogP contribution in [0, 0.1) is 0 Å². The third-order valence-corrected chi connectivity index (χ3v) is 6.11. The Kier molecular flexibility index (Phi) is 5.87. The number of carbonyl (C=O) groups is 2. The zero-order valence-corrected chi connectivity index (χ0v) is 18.9. The summed E-state index contributed by atoms with van der Waals surface area (Å²) in [4.78, 5) is 30.5. The average Bonchev–Trinajstić information content (AvgIpc) is 3.40. The van der Waals surface area contributed by atoms with Gasteiger partial charge in [0.2, 0.25) is 11.8 Å². The van der Waals surface area contributed by atoms with E-state index in [0.717, 1.165) is 28.9 Å². The van der Waals surface area contributed by atoms with Gasteiger partial charge in [-0.1, -0.05) is 12.1 Å². The molecule has 7 nitrogen and oxygen atoms in total. The fourth-order valence-corrected chi connectivity index (χ4v) is 4.36.